The van der Waals surface area contributed by atoms with Gasteiger partial charge in [0.25, 0.3) is 0 Å². The molecule has 0 unspecified atom stereocenters. The van der Waals surface area contributed by atoms with Crippen LogP contribution < -0.4 is 0 Å². The van der Waals surface area contributed by atoms with Gasteiger partial charge in [0, 0.05) is 0 Å². The first kappa shape index (κ1) is 12.4. The molecule has 0 aliphatic heterocycles. The molecule has 0 amide bonds. The van der Waals surface area contributed by atoms with Crippen LogP contribution in [0.5, 0.6) is 0 Å². The Hall–Kier alpha value is -2.09. The minimum atomic E-state index is -0.878. The van der Waals surface area contributed by atoms with Crippen LogP contribution in [0.2, 0.25) is 0 Å². The Morgan fingerprint density at radius 2 is 1.72 bits per heavy atom. The quantitative estimate of drug-likeness (QED) is 0.874. The summed E-state index contributed by atoms with van der Waals surface area (Å²) >= 11 is 0. The summed E-state index contributed by atoms with van der Waals surface area (Å²) in [4.78, 5) is 11.4. The van der Waals surface area contributed by atoms with Crippen LogP contribution >= 0.6 is 0 Å². The van der Waals surface area contributed by atoms with E-state index in [4.69, 9.17) is 0 Å². The van der Waals surface area contributed by atoms with Gasteiger partial charge in [-0.15, -0.1) is 0 Å². The molecule has 0 saturated heterocycles. The van der Waals surface area contributed by atoms with Crippen molar-refractivity contribution in [3.63, 3.8) is 0 Å². The van der Waals surface area contributed by atoms with Crippen LogP contribution in [-0.4, -0.2) is 11.1 Å². The highest BCUT2D eigenvalue weighted by Gasteiger charge is 2.13. The van der Waals surface area contributed by atoms with Gasteiger partial charge in [0.2, 0.25) is 0 Å². The van der Waals surface area contributed by atoms with Gasteiger partial charge in [0.1, 0.15) is 0 Å². The Morgan fingerprint density at radius 3 is 2.28 bits per heavy atom. The fourth-order valence-corrected chi connectivity index (χ4v) is 1.97. The van der Waals surface area contributed by atoms with Gasteiger partial charge in [0.05, 0.1) is 5.56 Å². The fraction of sp³-hybridized carbons (Fsp3) is 0.188. The highest BCUT2D eigenvalue weighted by Crippen LogP contribution is 2.27. The number of benzene rings is 2. The molecular formula is C16H16O2. The van der Waals surface area contributed by atoms with Crippen LogP contribution in [0.15, 0.2) is 48.5 Å². The van der Waals surface area contributed by atoms with Gasteiger partial charge in [-0.25, -0.2) is 4.79 Å². The number of hydrogen-bond acceptors (Lipinski definition) is 1. The van der Waals surface area contributed by atoms with Gasteiger partial charge in [0.15, 0.2) is 0 Å². The molecule has 2 aromatic carbocycles. The van der Waals surface area contributed by atoms with Crippen LogP contribution in [0.1, 0.15) is 35.7 Å². The second-order valence-corrected chi connectivity index (χ2v) is 4.63. The van der Waals surface area contributed by atoms with Crippen molar-refractivity contribution in [2.75, 3.05) is 0 Å². The molecule has 2 aromatic rings. The summed E-state index contributed by atoms with van der Waals surface area (Å²) in [6.45, 7) is 4.12. The first-order valence-electron chi connectivity index (χ1n) is 6.02. The van der Waals surface area contributed by atoms with Crippen molar-refractivity contribution >= 4 is 5.97 Å². The molecule has 0 bridgehead atoms. The molecule has 2 heteroatoms. The van der Waals surface area contributed by atoms with E-state index in [1.54, 1.807) is 6.07 Å². The third kappa shape index (κ3) is 2.43. The smallest absolute Gasteiger partial charge is 0.336 e. The lowest BCUT2D eigenvalue weighted by molar-refractivity contribution is 0.0697. The third-order valence-electron chi connectivity index (χ3n) is 3.03. The van der Waals surface area contributed by atoms with E-state index < -0.39 is 5.97 Å². The maximum atomic E-state index is 11.4. The minimum Gasteiger partial charge on any atom is -0.478 e. The van der Waals surface area contributed by atoms with Crippen LogP contribution in [0, 0.1) is 0 Å². The van der Waals surface area contributed by atoms with Crippen molar-refractivity contribution < 1.29 is 9.90 Å². The van der Waals surface area contributed by atoms with E-state index in [-0.39, 0.29) is 0 Å². The van der Waals surface area contributed by atoms with Crippen LogP contribution in [-0.2, 0) is 0 Å². The molecular weight excluding hydrogens is 224 g/mol. The van der Waals surface area contributed by atoms with Gasteiger partial charge >= 0.3 is 5.97 Å². The summed E-state index contributed by atoms with van der Waals surface area (Å²) in [6, 6.07) is 15.3. The van der Waals surface area contributed by atoms with E-state index in [2.05, 4.69) is 13.8 Å². The summed E-state index contributed by atoms with van der Waals surface area (Å²) in [7, 11) is 0. The van der Waals surface area contributed by atoms with Crippen molar-refractivity contribution in [1.29, 1.82) is 0 Å². The van der Waals surface area contributed by atoms with Crippen molar-refractivity contribution in [3.05, 3.63) is 59.7 Å². The maximum Gasteiger partial charge on any atom is 0.336 e. The lowest BCUT2D eigenvalue weighted by Crippen LogP contribution is -2.01. The van der Waals surface area contributed by atoms with Crippen molar-refractivity contribution in [3.8, 4) is 11.1 Å². The van der Waals surface area contributed by atoms with Gasteiger partial charge in [-0.3, -0.25) is 0 Å². The molecule has 2 nitrogen and oxygen atoms in total. The topological polar surface area (TPSA) is 37.3 Å². The lowest BCUT2D eigenvalue weighted by atomic mass is 9.94. The molecule has 0 heterocycles. The average molecular weight is 240 g/mol. The largest absolute Gasteiger partial charge is 0.478 e. The molecule has 0 atom stereocenters. The van der Waals surface area contributed by atoms with E-state index in [0.717, 1.165) is 16.7 Å². The number of carbonyl (C=O) groups is 1. The van der Waals surface area contributed by atoms with Gasteiger partial charge in [-0.1, -0.05) is 56.3 Å². The number of hydrogen-bond donors (Lipinski definition) is 1. The minimum absolute atomic E-state index is 0.327. The molecule has 0 aromatic heterocycles. The highest BCUT2D eigenvalue weighted by atomic mass is 16.4. The Labute approximate surface area is 107 Å². The normalized spacial score (nSPS) is 10.6. The predicted molar refractivity (Wildman–Crippen MR) is 72.9 cm³/mol. The Balaban J connectivity index is 2.58. The second-order valence-electron chi connectivity index (χ2n) is 4.63. The Bertz CT molecular complexity index is 557. The molecule has 92 valence electrons. The number of rotatable bonds is 3. The first-order valence-corrected chi connectivity index (χ1v) is 6.02. The zero-order valence-electron chi connectivity index (χ0n) is 10.6. The van der Waals surface area contributed by atoms with Crippen molar-refractivity contribution in [2.45, 2.75) is 19.8 Å². The van der Waals surface area contributed by atoms with Crippen molar-refractivity contribution in [2.24, 2.45) is 0 Å². The van der Waals surface area contributed by atoms with Crippen LogP contribution in [0.3, 0.4) is 0 Å². The zero-order valence-corrected chi connectivity index (χ0v) is 10.6. The van der Waals surface area contributed by atoms with E-state index in [1.165, 1.54) is 0 Å². The van der Waals surface area contributed by atoms with E-state index >= 15 is 0 Å². The van der Waals surface area contributed by atoms with E-state index in [1.807, 2.05) is 42.5 Å². The predicted octanol–water partition coefficient (Wildman–Crippen LogP) is 4.18. The summed E-state index contributed by atoms with van der Waals surface area (Å²) in [5, 5.41) is 9.33. The monoisotopic (exact) mass is 240 g/mol. The van der Waals surface area contributed by atoms with Gasteiger partial charge < -0.3 is 5.11 Å². The molecule has 0 aliphatic rings. The van der Waals surface area contributed by atoms with E-state index in [0.29, 0.717) is 11.5 Å². The third-order valence-corrected chi connectivity index (χ3v) is 3.03. The maximum absolute atomic E-state index is 11.4. The second kappa shape index (κ2) is 5.05. The molecule has 0 spiro atoms. The van der Waals surface area contributed by atoms with Crippen LogP contribution in [0.4, 0.5) is 0 Å². The number of aromatic carboxylic acids is 1. The standard InChI is InChI=1S/C16H16O2/c1-11(2)13-8-9-14(15(10-13)16(17)18)12-6-4-3-5-7-12/h3-11H,1-2H3,(H,17,18). The molecule has 0 aliphatic carbocycles. The molecule has 2 rings (SSSR count). The van der Waals surface area contributed by atoms with Gasteiger partial charge in [-0.2, -0.15) is 0 Å². The van der Waals surface area contributed by atoms with E-state index in [9.17, 15) is 9.90 Å². The number of carboxylic acids is 1. The molecule has 1 N–H and O–H groups in total. The molecule has 18 heavy (non-hydrogen) atoms. The lowest BCUT2D eigenvalue weighted by Gasteiger charge is -2.11. The summed E-state index contributed by atoms with van der Waals surface area (Å²) in [5.41, 5.74) is 3.12. The van der Waals surface area contributed by atoms with Crippen molar-refractivity contribution in [1.82, 2.24) is 0 Å². The highest BCUT2D eigenvalue weighted by molar-refractivity contribution is 5.96. The Morgan fingerprint density at radius 1 is 1.06 bits per heavy atom. The molecule has 0 saturated carbocycles. The average Bonchev–Trinajstić information content (AvgIpc) is 2.39. The van der Waals surface area contributed by atoms with Gasteiger partial charge in [-0.05, 0) is 28.7 Å². The molecule has 0 fully saturated rings. The summed E-state index contributed by atoms with van der Waals surface area (Å²) in [6.07, 6.45) is 0. The summed E-state index contributed by atoms with van der Waals surface area (Å²) < 4.78 is 0. The number of carboxylic acid groups (broad SMARTS) is 1. The SMILES string of the molecule is CC(C)c1ccc(-c2ccccc2)c(C(=O)O)c1. The van der Waals surface area contributed by atoms with Crippen LogP contribution in [0.25, 0.3) is 11.1 Å². The summed E-state index contributed by atoms with van der Waals surface area (Å²) in [5.74, 6) is -0.552. The Kier molecular flexibility index (Phi) is 3.47. The fourth-order valence-electron chi connectivity index (χ4n) is 1.97. The zero-order chi connectivity index (χ0) is 13.1. The first-order chi connectivity index (χ1) is 8.59. The molecule has 0 radical (unpaired) electrons.